The van der Waals surface area contributed by atoms with E-state index >= 15 is 0 Å². The topological polar surface area (TPSA) is 47.9 Å². The second-order valence-electron chi connectivity index (χ2n) is 14.3. The van der Waals surface area contributed by atoms with E-state index in [1.807, 2.05) is 6.07 Å². The fraction of sp³-hybridized carbons (Fsp3) is 0.556. The number of hydrogen-bond acceptors (Lipinski definition) is 4. The van der Waals surface area contributed by atoms with Crippen molar-refractivity contribution in [3.63, 3.8) is 0 Å². The maximum absolute atomic E-state index is 13.0. The van der Waals surface area contributed by atoms with Crippen LogP contribution in [-0.2, 0) is 15.5 Å². The molecule has 12 heteroatoms. The van der Waals surface area contributed by atoms with E-state index in [1.165, 1.54) is 0 Å². The second-order valence-corrected chi connectivity index (χ2v) is 18.4. The van der Waals surface area contributed by atoms with Crippen LogP contribution in [0.4, 0.5) is 26.3 Å². The zero-order valence-corrected chi connectivity index (χ0v) is 31.6. The summed E-state index contributed by atoms with van der Waals surface area (Å²) < 4.78 is 97.6. The molecule has 1 N–H and O–H groups in total. The normalized spacial score (nSPS) is 15.0. The number of halogens is 6. The van der Waals surface area contributed by atoms with Crippen LogP contribution in [0.25, 0.3) is 5.57 Å². The Labute approximate surface area is 285 Å². The standard InChI is InChI=1S/C36H48F6O4Si2/c1-12-25(16-14-20-34(43,35(37,38)39)36(40,41)42)26-15-13-17-27(22-26)44-23-24-18-19-28(30(32(2,3)4)45-47(8)9)29(21-24)31(33(5,6)7)46-48(10)11/h13,15-19,21-22,30-31,43H,12,23H2,1-11H3. The highest BCUT2D eigenvalue weighted by Gasteiger charge is 2.70. The number of aliphatic hydroxyl groups is 1. The van der Waals surface area contributed by atoms with Gasteiger partial charge in [-0.1, -0.05) is 78.7 Å². The van der Waals surface area contributed by atoms with Crippen LogP contribution in [0, 0.1) is 22.7 Å². The Morgan fingerprint density at radius 2 is 1.31 bits per heavy atom. The fourth-order valence-electron chi connectivity index (χ4n) is 4.94. The molecule has 4 nitrogen and oxygen atoms in total. The van der Waals surface area contributed by atoms with Gasteiger partial charge in [0.1, 0.15) is 12.4 Å². The molecule has 2 rings (SSSR count). The molecule has 0 aliphatic carbocycles. The lowest BCUT2D eigenvalue weighted by Crippen LogP contribution is -2.55. The second kappa shape index (κ2) is 16.0. The van der Waals surface area contributed by atoms with Gasteiger partial charge in [0.25, 0.3) is 0 Å². The van der Waals surface area contributed by atoms with Gasteiger partial charge in [0.15, 0.2) is 0 Å². The van der Waals surface area contributed by atoms with E-state index in [2.05, 4.69) is 79.9 Å². The smallest absolute Gasteiger partial charge is 0.438 e. The number of ether oxygens (including phenoxy) is 1. The molecule has 266 valence electrons. The van der Waals surface area contributed by atoms with Crippen molar-refractivity contribution in [2.75, 3.05) is 0 Å². The summed E-state index contributed by atoms with van der Waals surface area (Å²) in [6, 6.07) is 12.9. The lowest BCUT2D eigenvalue weighted by Gasteiger charge is -2.39. The summed E-state index contributed by atoms with van der Waals surface area (Å²) in [6.45, 7) is 23.3. The Bertz CT molecular complexity index is 1440. The highest BCUT2D eigenvalue weighted by Crippen LogP contribution is 2.46. The van der Waals surface area contributed by atoms with Crippen molar-refractivity contribution in [1.82, 2.24) is 0 Å². The molecule has 0 spiro atoms. The molecule has 0 saturated heterocycles. The van der Waals surface area contributed by atoms with Crippen molar-refractivity contribution in [2.24, 2.45) is 10.8 Å². The average molecular weight is 715 g/mol. The van der Waals surface area contributed by atoms with Crippen LogP contribution in [-0.4, -0.2) is 41.1 Å². The van der Waals surface area contributed by atoms with Crippen LogP contribution < -0.4 is 4.74 Å². The van der Waals surface area contributed by atoms with Crippen LogP contribution in [0.1, 0.15) is 89.3 Å². The van der Waals surface area contributed by atoms with E-state index in [9.17, 15) is 31.4 Å². The van der Waals surface area contributed by atoms with Crippen molar-refractivity contribution in [3.05, 3.63) is 70.8 Å². The van der Waals surface area contributed by atoms with Gasteiger partial charge < -0.3 is 18.7 Å². The Hall–Kier alpha value is -2.57. The number of hydrogen-bond donors (Lipinski definition) is 1. The quantitative estimate of drug-likeness (QED) is 0.143. The molecule has 48 heavy (non-hydrogen) atoms. The molecule has 0 fully saturated rings. The Balaban J connectivity index is 2.52. The highest BCUT2D eigenvalue weighted by molar-refractivity contribution is 6.48. The van der Waals surface area contributed by atoms with Crippen molar-refractivity contribution < 1.29 is 45.0 Å². The lowest BCUT2D eigenvalue weighted by atomic mass is 9.77. The lowest BCUT2D eigenvalue weighted by molar-refractivity contribution is -0.343. The molecule has 0 saturated carbocycles. The largest absolute Gasteiger partial charge is 0.489 e. The summed E-state index contributed by atoms with van der Waals surface area (Å²) in [4.78, 5) is 0. The van der Waals surface area contributed by atoms with Gasteiger partial charge in [0, 0.05) is 0 Å². The minimum absolute atomic E-state index is 0.161. The summed E-state index contributed by atoms with van der Waals surface area (Å²) in [5.41, 5.74) is -1.67. The summed E-state index contributed by atoms with van der Waals surface area (Å²) in [5, 5.41) is 9.34. The minimum Gasteiger partial charge on any atom is -0.489 e. The molecule has 2 radical (unpaired) electrons. The van der Waals surface area contributed by atoms with Crippen LogP contribution >= 0.6 is 0 Å². The molecular formula is C36H48F6O4Si2. The first-order chi connectivity index (χ1) is 21.8. The van der Waals surface area contributed by atoms with Crippen LogP contribution in [0.5, 0.6) is 5.75 Å². The van der Waals surface area contributed by atoms with Gasteiger partial charge in [-0.2, -0.15) is 26.3 Å². The maximum atomic E-state index is 13.0. The monoisotopic (exact) mass is 714 g/mol. The Morgan fingerprint density at radius 3 is 1.77 bits per heavy atom. The van der Waals surface area contributed by atoms with E-state index in [0.29, 0.717) is 16.9 Å². The SMILES string of the molecule is CCC(=CC#CC(O)(C(F)(F)F)C(F)(F)F)c1cccc(OCc2ccc(C(O[Si](C)C)C(C)(C)C)c(C(O[Si](C)C)C(C)(C)C)c2)c1. The van der Waals surface area contributed by atoms with Crippen LogP contribution in [0.15, 0.2) is 48.5 Å². The van der Waals surface area contributed by atoms with Crippen molar-refractivity contribution in [1.29, 1.82) is 0 Å². The first kappa shape index (κ1) is 41.6. The van der Waals surface area contributed by atoms with Crippen LogP contribution in [0.2, 0.25) is 26.2 Å². The van der Waals surface area contributed by atoms with Gasteiger partial charge in [-0.05, 0) is 101 Å². The Morgan fingerprint density at radius 1 is 0.792 bits per heavy atom. The third kappa shape index (κ3) is 11.0. The maximum Gasteiger partial charge on any atom is 0.438 e. The van der Waals surface area contributed by atoms with E-state index in [0.717, 1.165) is 28.7 Å². The average Bonchev–Trinajstić information content (AvgIpc) is 2.93. The van der Waals surface area contributed by atoms with Gasteiger partial charge >= 0.3 is 18.0 Å². The molecule has 2 aromatic carbocycles. The van der Waals surface area contributed by atoms with Crippen molar-refractivity contribution in [3.8, 4) is 17.6 Å². The summed E-state index contributed by atoms with van der Waals surface area (Å²) in [5.74, 6) is 3.20. The number of alkyl halides is 6. The summed E-state index contributed by atoms with van der Waals surface area (Å²) in [6.07, 6.45) is -11.2. The fourth-order valence-corrected chi connectivity index (χ4v) is 6.84. The number of rotatable bonds is 11. The zero-order valence-electron chi connectivity index (χ0n) is 29.6. The third-order valence-corrected chi connectivity index (χ3v) is 8.72. The molecule has 0 bridgehead atoms. The van der Waals surface area contributed by atoms with Crippen molar-refractivity contribution in [2.45, 2.75) is 118 Å². The molecule has 0 aliphatic heterocycles. The van der Waals surface area contributed by atoms with E-state index in [-0.39, 0.29) is 36.1 Å². The first-order valence-electron chi connectivity index (χ1n) is 15.7. The molecule has 0 amide bonds. The van der Waals surface area contributed by atoms with Crippen molar-refractivity contribution >= 4 is 23.7 Å². The zero-order chi connectivity index (χ0) is 36.9. The van der Waals surface area contributed by atoms with Gasteiger partial charge in [0.2, 0.25) is 18.1 Å². The predicted molar refractivity (Wildman–Crippen MR) is 182 cm³/mol. The molecule has 0 aromatic heterocycles. The Kier molecular flexibility index (Phi) is 13.8. The number of allylic oxidation sites excluding steroid dienone is 2. The van der Waals surface area contributed by atoms with Crippen LogP contribution in [0.3, 0.4) is 0 Å². The highest BCUT2D eigenvalue weighted by atomic mass is 28.3. The molecular weight excluding hydrogens is 667 g/mol. The number of benzene rings is 2. The molecule has 2 atom stereocenters. The van der Waals surface area contributed by atoms with E-state index in [1.54, 1.807) is 37.1 Å². The molecule has 0 heterocycles. The van der Waals surface area contributed by atoms with Gasteiger partial charge in [-0.25, -0.2) is 0 Å². The first-order valence-corrected chi connectivity index (χ1v) is 20.5. The minimum atomic E-state index is -6.02. The third-order valence-electron chi connectivity index (χ3n) is 7.31. The van der Waals surface area contributed by atoms with Gasteiger partial charge in [0.05, 0.1) is 12.2 Å². The van der Waals surface area contributed by atoms with E-state index in [4.69, 9.17) is 13.6 Å². The summed E-state index contributed by atoms with van der Waals surface area (Å²) >= 11 is 0. The predicted octanol–water partition coefficient (Wildman–Crippen LogP) is 10.6. The van der Waals surface area contributed by atoms with E-state index < -0.39 is 36.0 Å². The van der Waals surface area contributed by atoms with Gasteiger partial charge in [-0.3, -0.25) is 0 Å². The molecule has 2 unspecified atom stereocenters. The van der Waals surface area contributed by atoms with Gasteiger partial charge in [-0.15, -0.1) is 0 Å². The summed E-state index contributed by atoms with van der Waals surface area (Å²) in [7, 11) is -2.12. The molecule has 2 aromatic rings. The molecule has 0 aliphatic rings.